The zero-order chi connectivity index (χ0) is 24.7. The number of rotatable bonds is 10. The third-order valence-electron chi connectivity index (χ3n) is 5.72. The van der Waals surface area contributed by atoms with Crippen molar-refractivity contribution < 1.29 is 32.2 Å². The Hall–Kier alpha value is -2.86. The van der Waals surface area contributed by atoms with Gasteiger partial charge in [0.25, 0.3) is 5.91 Å². The highest BCUT2D eigenvalue weighted by atomic mass is 32.2. The van der Waals surface area contributed by atoms with Crippen LogP contribution in [0.15, 0.2) is 41.3 Å². The molecule has 10 nitrogen and oxygen atoms in total. The van der Waals surface area contributed by atoms with Crippen LogP contribution in [-0.2, 0) is 14.8 Å². The van der Waals surface area contributed by atoms with Crippen molar-refractivity contribution in [3.8, 4) is 17.2 Å². The fraction of sp³-hybridized carbons (Fsp3) is 0.435. The predicted molar refractivity (Wildman–Crippen MR) is 126 cm³/mol. The molecule has 1 aliphatic heterocycles. The molecule has 3 rings (SSSR count). The summed E-state index contributed by atoms with van der Waals surface area (Å²) in [6.07, 6.45) is 0. The number of carbonyl (C=O) groups is 1. The van der Waals surface area contributed by atoms with Crippen LogP contribution in [0.4, 0.5) is 0 Å². The molecule has 0 aromatic heterocycles. The van der Waals surface area contributed by atoms with E-state index in [1.54, 1.807) is 14.2 Å². The Morgan fingerprint density at radius 3 is 2.26 bits per heavy atom. The minimum absolute atomic E-state index is 0.102. The molecule has 2 aromatic carbocycles. The average Bonchev–Trinajstić information content (AvgIpc) is 2.88. The first-order valence-electron chi connectivity index (χ1n) is 10.8. The lowest BCUT2D eigenvalue weighted by molar-refractivity contribution is 0.0162. The zero-order valence-electron chi connectivity index (χ0n) is 19.8. The van der Waals surface area contributed by atoms with Gasteiger partial charge in [0.2, 0.25) is 10.0 Å². The van der Waals surface area contributed by atoms with Crippen LogP contribution in [0.2, 0.25) is 0 Å². The number of nitrogens with one attached hydrogen (secondary N) is 2. The van der Waals surface area contributed by atoms with Crippen LogP contribution < -0.4 is 24.2 Å². The van der Waals surface area contributed by atoms with E-state index in [9.17, 15) is 13.2 Å². The summed E-state index contributed by atoms with van der Waals surface area (Å²) in [6.45, 7) is 2.92. The topological polar surface area (TPSA) is 115 Å². The van der Waals surface area contributed by atoms with Gasteiger partial charge in [-0.1, -0.05) is 6.07 Å². The zero-order valence-corrected chi connectivity index (χ0v) is 20.6. The molecule has 1 unspecified atom stereocenters. The molecule has 34 heavy (non-hydrogen) atoms. The number of hydrogen-bond donors (Lipinski definition) is 2. The first-order valence-corrected chi connectivity index (χ1v) is 12.3. The van der Waals surface area contributed by atoms with Gasteiger partial charge in [0.1, 0.15) is 10.6 Å². The number of carbonyl (C=O) groups excluding carboxylic acids is 1. The summed E-state index contributed by atoms with van der Waals surface area (Å²) in [5.74, 6) is 0.977. The molecule has 1 saturated heterocycles. The molecule has 0 saturated carbocycles. The van der Waals surface area contributed by atoms with Crippen LogP contribution in [0.3, 0.4) is 0 Å². The Bertz CT molecular complexity index is 1100. The van der Waals surface area contributed by atoms with Gasteiger partial charge in [-0.3, -0.25) is 9.69 Å². The summed E-state index contributed by atoms with van der Waals surface area (Å²) >= 11 is 0. The highest BCUT2D eigenvalue weighted by Gasteiger charge is 2.25. The molecule has 2 N–H and O–H groups in total. The Kier molecular flexibility index (Phi) is 8.72. The number of ether oxygens (including phenoxy) is 4. The number of benzene rings is 2. The van der Waals surface area contributed by atoms with Crippen LogP contribution in [0.5, 0.6) is 17.2 Å². The van der Waals surface area contributed by atoms with Gasteiger partial charge in [-0.25, -0.2) is 13.1 Å². The summed E-state index contributed by atoms with van der Waals surface area (Å²) in [4.78, 5) is 15.1. The molecule has 1 amide bonds. The highest BCUT2D eigenvalue weighted by Crippen LogP contribution is 2.32. The van der Waals surface area contributed by atoms with Gasteiger partial charge in [-0.05, 0) is 42.9 Å². The molecule has 1 aliphatic rings. The van der Waals surface area contributed by atoms with Crippen LogP contribution in [0.1, 0.15) is 22.0 Å². The quantitative estimate of drug-likeness (QED) is 0.511. The monoisotopic (exact) mass is 493 g/mol. The van der Waals surface area contributed by atoms with Crippen molar-refractivity contribution in [3.63, 3.8) is 0 Å². The van der Waals surface area contributed by atoms with Crippen molar-refractivity contribution in [1.29, 1.82) is 0 Å². The molecule has 2 aromatic rings. The van der Waals surface area contributed by atoms with Crippen molar-refractivity contribution in [2.45, 2.75) is 10.9 Å². The molecule has 0 radical (unpaired) electrons. The van der Waals surface area contributed by atoms with E-state index in [0.717, 1.165) is 5.56 Å². The van der Waals surface area contributed by atoms with Gasteiger partial charge in [-0.15, -0.1) is 0 Å². The Morgan fingerprint density at radius 1 is 1.00 bits per heavy atom. The van der Waals surface area contributed by atoms with Crippen molar-refractivity contribution in [3.05, 3.63) is 47.5 Å². The number of hydrogen-bond acceptors (Lipinski definition) is 8. The standard InChI is InChI=1S/C23H31N3O7S/c1-24-34(28,29)22-14-17(6-8-20(22)31-3)23(27)25-15-18(26-9-11-33-12-10-26)16-5-7-19(30-2)21(13-16)32-4/h5-8,13-14,18,24H,9-12,15H2,1-4H3,(H,25,27). The van der Waals surface area contributed by atoms with Gasteiger partial charge in [-0.2, -0.15) is 0 Å². The molecule has 1 heterocycles. The summed E-state index contributed by atoms with van der Waals surface area (Å²) < 4.78 is 48.4. The van der Waals surface area contributed by atoms with Crippen LogP contribution >= 0.6 is 0 Å². The Balaban J connectivity index is 1.85. The van der Waals surface area contributed by atoms with Crippen molar-refractivity contribution >= 4 is 15.9 Å². The minimum atomic E-state index is -3.81. The van der Waals surface area contributed by atoms with E-state index in [1.807, 2.05) is 18.2 Å². The van der Waals surface area contributed by atoms with Gasteiger partial charge < -0.3 is 24.3 Å². The lowest BCUT2D eigenvalue weighted by atomic mass is 10.0. The first-order chi connectivity index (χ1) is 16.3. The van der Waals surface area contributed by atoms with Gasteiger partial charge in [0, 0.05) is 25.2 Å². The lowest BCUT2D eigenvalue weighted by Crippen LogP contribution is -2.43. The number of nitrogens with zero attached hydrogens (tertiary/aromatic N) is 1. The van der Waals surface area contributed by atoms with Crippen molar-refractivity contribution in [2.24, 2.45) is 0 Å². The van der Waals surface area contributed by atoms with E-state index in [2.05, 4.69) is 14.9 Å². The van der Waals surface area contributed by atoms with E-state index in [0.29, 0.717) is 44.3 Å². The van der Waals surface area contributed by atoms with Crippen molar-refractivity contribution in [2.75, 3.05) is 61.2 Å². The molecule has 0 aliphatic carbocycles. The SMILES string of the molecule is CNS(=O)(=O)c1cc(C(=O)NCC(c2ccc(OC)c(OC)c2)N2CCOCC2)ccc1OC. The Labute approximate surface area is 200 Å². The van der Waals surface area contributed by atoms with Gasteiger partial charge in [0.05, 0.1) is 40.6 Å². The smallest absolute Gasteiger partial charge is 0.251 e. The molecule has 11 heteroatoms. The second-order valence-electron chi connectivity index (χ2n) is 7.56. The van der Waals surface area contributed by atoms with E-state index in [1.165, 1.54) is 32.4 Å². The summed E-state index contributed by atoms with van der Waals surface area (Å²) in [5.41, 5.74) is 1.16. The summed E-state index contributed by atoms with van der Waals surface area (Å²) in [6, 6.07) is 9.83. The first kappa shape index (κ1) is 25.8. The maximum absolute atomic E-state index is 13.0. The maximum atomic E-state index is 13.0. The third-order valence-corrected chi connectivity index (χ3v) is 7.15. The van der Waals surface area contributed by atoms with E-state index < -0.39 is 15.9 Å². The Morgan fingerprint density at radius 2 is 1.65 bits per heavy atom. The summed E-state index contributed by atoms with van der Waals surface area (Å²) in [5, 5.41) is 2.95. The third kappa shape index (κ3) is 5.79. The second kappa shape index (κ2) is 11.5. The van der Waals surface area contributed by atoms with Crippen molar-refractivity contribution in [1.82, 2.24) is 14.9 Å². The van der Waals surface area contributed by atoms with Crippen LogP contribution in [-0.4, -0.2) is 80.4 Å². The number of morpholine rings is 1. The largest absolute Gasteiger partial charge is 0.495 e. The fourth-order valence-corrected chi connectivity index (χ4v) is 4.75. The molecule has 0 spiro atoms. The molecule has 1 atom stereocenters. The number of methoxy groups -OCH3 is 3. The minimum Gasteiger partial charge on any atom is -0.495 e. The maximum Gasteiger partial charge on any atom is 0.251 e. The predicted octanol–water partition coefficient (Wildman–Crippen LogP) is 1.42. The van der Waals surface area contributed by atoms with Crippen LogP contribution in [0.25, 0.3) is 0 Å². The van der Waals surface area contributed by atoms with Gasteiger partial charge >= 0.3 is 0 Å². The van der Waals surface area contributed by atoms with Crippen LogP contribution in [0, 0.1) is 0 Å². The van der Waals surface area contributed by atoms with E-state index in [-0.39, 0.29) is 22.3 Å². The summed E-state index contributed by atoms with van der Waals surface area (Å²) in [7, 11) is 2.03. The molecular formula is C23H31N3O7S. The van der Waals surface area contributed by atoms with E-state index in [4.69, 9.17) is 18.9 Å². The highest BCUT2D eigenvalue weighted by molar-refractivity contribution is 7.89. The average molecular weight is 494 g/mol. The molecule has 1 fully saturated rings. The fourth-order valence-electron chi connectivity index (χ4n) is 3.84. The normalized spacial score (nSPS) is 15.4. The lowest BCUT2D eigenvalue weighted by Gasteiger charge is -2.35. The van der Waals surface area contributed by atoms with Gasteiger partial charge in [0.15, 0.2) is 11.5 Å². The van der Waals surface area contributed by atoms with E-state index >= 15 is 0 Å². The second-order valence-corrected chi connectivity index (χ2v) is 9.42. The molecule has 0 bridgehead atoms. The number of sulfonamides is 1. The molecule has 186 valence electrons. The molecular weight excluding hydrogens is 462 g/mol. The number of amides is 1.